The maximum absolute atomic E-state index is 13.0. The van der Waals surface area contributed by atoms with E-state index in [1.165, 1.54) is 18.9 Å². The predicted octanol–water partition coefficient (Wildman–Crippen LogP) is 2.47. The van der Waals surface area contributed by atoms with E-state index in [0.717, 1.165) is 18.7 Å². The minimum absolute atomic E-state index is 0.120. The zero-order chi connectivity index (χ0) is 10.0. The van der Waals surface area contributed by atoms with Crippen LogP contribution in [0.15, 0.2) is 24.3 Å². The van der Waals surface area contributed by atoms with Gasteiger partial charge in [0.1, 0.15) is 5.82 Å². The van der Waals surface area contributed by atoms with Gasteiger partial charge < -0.3 is 5.32 Å². The smallest absolute Gasteiger partial charge is 0.123 e. The molecule has 0 aromatic heterocycles. The van der Waals surface area contributed by atoms with Crippen molar-refractivity contribution >= 4 is 0 Å². The monoisotopic (exact) mass is 193 g/mol. The second kappa shape index (κ2) is 3.70. The average molecular weight is 193 g/mol. The molecule has 2 heteroatoms. The van der Waals surface area contributed by atoms with Gasteiger partial charge in [0.25, 0.3) is 0 Å². The van der Waals surface area contributed by atoms with E-state index >= 15 is 0 Å². The number of benzene rings is 1. The Balaban J connectivity index is 2.14. The van der Waals surface area contributed by atoms with E-state index in [9.17, 15) is 4.39 Å². The minimum atomic E-state index is -0.120. The highest BCUT2D eigenvalue weighted by Crippen LogP contribution is 2.47. The lowest BCUT2D eigenvalue weighted by molar-refractivity contribution is 0.578. The summed E-state index contributed by atoms with van der Waals surface area (Å²) in [5.74, 6) is -0.120. The molecule has 0 bridgehead atoms. The van der Waals surface area contributed by atoms with Crippen LogP contribution in [-0.4, -0.2) is 13.1 Å². The van der Waals surface area contributed by atoms with Crippen molar-refractivity contribution in [2.24, 2.45) is 0 Å². The fourth-order valence-electron chi connectivity index (χ4n) is 1.90. The van der Waals surface area contributed by atoms with Crippen molar-refractivity contribution in [3.63, 3.8) is 0 Å². The fraction of sp³-hybridized carbons (Fsp3) is 0.500. The molecule has 0 spiro atoms. The van der Waals surface area contributed by atoms with Gasteiger partial charge in [-0.3, -0.25) is 0 Å². The van der Waals surface area contributed by atoms with Crippen molar-refractivity contribution in [3.05, 3.63) is 35.6 Å². The van der Waals surface area contributed by atoms with Gasteiger partial charge in [-0.1, -0.05) is 19.1 Å². The number of hydrogen-bond donors (Lipinski definition) is 1. The maximum atomic E-state index is 13.0. The summed E-state index contributed by atoms with van der Waals surface area (Å²) in [6.45, 7) is 4.06. The van der Waals surface area contributed by atoms with Crippen LogP contribution in [0.25, 0.3) is 0 Å². The van der Waals surface area contributed by atoms with Crippen LogP contribution in [0, 0.1) is 5.82 Å². The first-order valence-corrected chi connectivity index (χ1v) is 5.24. The predicted molar refractivity (Wildman–Crippen MR) is 55.9 cm³/mol. The SMILES string of the molecule is CCNCC1(c2cccc(F)c2)CC1. The highest BCUT2D eigenvalue weighted by molar-refractivity contribution is 5.32. The first-order chi connectivity index (χ1) is 6.77. The molecule has 0 heterocycles. The Bertz CT molecular complexity index is 318. The van der Waals surface area contributed by atoms with Gasteiger partial charge in [-0.05, 0) is 37.1 Å². The van der Waals surface area contributed by atoms with Crippen LogP contribution < -0.4 is 5.32 Å². The van der Waals surface area contributed by atoms with Gasteiger partial charge in [-0.2, -0.15) is 0 Å². The third-order valence-corrected chi connectivity index (χ3v) is 3.00. The summed E-state index contributed by atoms with van der Waals surface area (Å²) in [7, 11) is 0. The Labute approximate surface area is 84.3 Å². The summed E-state index contributed by atoms with van der Waals surface area (Å²) < 4.78 is 13.0. The third kappa shape index (κ3) is 1.80. The number of hydrogen-bond acceptors (Lipinski definition) is 1. The summed E-state index contributed by atoms with van der Waals surface area (Å²) in [6, 6.07) is 7.02. The second-order valence-corrected chi connectivity index (χ2v) is 4.07. The molecule has 0 saturated heterocycles. The molecule has 14 heavy (non-hydrogen) atoms. The van der Waals surface area contributed by atoms with E-state index in [0.29, 0.717) is 0 Å². The molecule has 1 saturated carbocycles. The number of nitrogens with one attached hydrogen (secondary N) is 1. The van der Waals surface area contributed by atoms with Gasteiger partial charge >= 0.3 is 0 Å². The third-order valence-electron chi connectivity index (χ3n) is 3.00. The van der Waals surface area contributed by atoms with Crippen LogP contribution in [0.3, 0.4) is 0 Å². The molecule has 76 valence electrons. The molecule has 1 nitrogen and oxygen atoms in total. The first kappa shape index (κ1) is 9.66. The molecule has 0 atom stereocenters. The standard InChI is InChI=1S/C12H16FN/c1-2-14-9-12(6-7-12)10-4-3-5-11(13)8-10/h3-5,8,14H,2,6-7,9H2,1H3. The summed E-state index contributed by atoms with van der Waals surface area (Å²) in [5, 5.41) is 3.35. The van der Waals surface area contributed by atoms with Crippen molar-refractivity contribution in [2.75, 3.05) is 13.1 Å². The Morgan fingerprint density at radius 1 is 1.43 bits per heavy atom. The van der Waals surface area contributed by atoms with Crippen molar-refractivity contribution in [1.82, 2.24) is 5.32 Å². The lowest BCUT2D eigenvalue weighted by Gasteiger charge is -2.15. The Hall–Kier alpha value is -0.890. The van der Waals surface area contributed by atoms with E-state index < -0.39 is 0 Å². The van der Waals surface area contributed by atoms with E-state index in [-0.39, 0.29) is 11.2 Å². The molecule has 1 aliphatic carbocycles. The lowest BCUT2D eigenvalue weighted by Crippen LogP contribution is -2.26. The molecule has 1 aromatic rings. The van der Waals surface area contributed by atoms with E-state index in [1.807, 2.05) is 6.07 Å². The van der Waals surface area contributed by atoms with Gasteiger partial charge in [-0.15, -0.1) is 0 Å². The fourth-order valence-corrected chi connectivity index (χ4v) is 1.90. The summed E-state index contributed by atoms with van der Waals surface area (Å²) >= 11 is 0. The Morgan fingerprint density at radius 2 is 2.21 bits per heavy atom. The molecule has 0 aliphatic heterocycles. The molecular weight excluding hydrogens is 177 g/mol. The van der Waals surface area contributed by atoms with Crippen molar-refractivity contribution < 1.29 is 4.39 Å². The Kier molecular flexibility index (Phi) is 2.55. The molecule has 0 radical (unpaired) electrons. The number of rotatable bonds is 4. The number of likely N-dealkylation sites (N-methyl/N-ethyl adjacent to an activating group) is 1. The zero-order valence-corrected chi connectivity index (χ0v) is 8.52. The van der Waals surface area contributed by atoms with Crippen LogP contribution in [0.1, 0.15) is 25.3 Å². The average Bonchev–Trinajstić information content (AvgIpc) is 2.96. The van der Waals surface area contributed by atoms with Crippen LogP contribution in [0.4, 0.5) is 4.39 Å². The largest absolute Gasteiger partial charge is 0.316 e. The van der Waals surface area contributed by atoms with Crippen molar-refractivity contribution in [2.45, 2.75) is 25.2 Å². The van der Waals surface area contributed by atoms with Gasteiger partial charge in [0.2, 0.25) is 0 Å². The van der Waals surface area contributed by atoms with Crippen molar-refractivity contribution in [1.29, 1.82) is 0 Å². The number of halogens is 1. The van der Waals surface area contributed by atoms with Crippen LogP contribution in [0.2, 0.25) is 0 Å². The zero-order valence-electron chi connectivity index (χ0n) is 8.52. The Morgan fingerprint density at radius 3 is 2.79 bits per heavy atom. The molecule has 0 unspecified atom stereocenters. The van der Waals surface area contributed by atoms with Crippen LogP contribution in [0.5, 0.6) is 0 Å². The summed E-state index contributed by atoms with van der Waals surface area (Å²) in [5.41, 5.74) is 1.39. The topological polar surface area (TPSA) is 12.0 Å². The van der Waals surface area contributed by atoms with Gasteiger partial charge in [-0.25, -0.2) is 4.39 Å². The summed E-state index contributed by atoms with van der Waals surface area (Å²) in [4.78, 5) is 0. The molecule has 1 aliphatic rings. The highest BCUT2D eigenvalue weighted by Gasteiger charge is 2.43. The van der Waals surface area contributed by atoms with Crippen LogP contribution in [-0.2, 0) is 5.41 Å². The molecule has 0 amide bonds. The van der Waals surface area contributed by atoms with Crippen LogP contribution >= 0.6 is 0 Å². The summed E-state index contributed by atoms with van der Waals surface area (Å²) in [6.07, 6.45) is 2.37. The lowest BCUT2D eigenvalue weighted by atomic mass is 9.96. The molecular formula is C12H16FN. The quantitative estimate of drug-likeness (QED) is 0.774. The molecule has 2 rings (SSSR count). The normalized spacial score (nSPS) is 18.1. The molecule has 1 N–H and O–H groups in total. The maximum Gasteiger partial charge on any atom is 0.123 e. The minimum Gasteiger partial charge on any atom is -0.316 e. The molecule has 1 fully saturated rings. The molecule has 1 aromatic carbocycles. The van der Waals surface area contributed by atoms with Gasteiger partial charge in [0.05, 0.1) is 0 Å². The van der Waals surface area contributed by atoms with Gasteiger partial charge in [0.15, 0.2) is 0 Å². The second-order valence-electron chi connectivity index (χ2n) is 4.07. The van der Waals surface area contributed by atoms with E-state index in [1.54, 1.807) is 12.1 Å². The van der Waals surface area contributed by atoms with E-state index in [2.05, 4.69) is 12.2 Å². The first-order valence-electron chi connectivity index (χ1n) is 5.24. The van der Waals surface area contributed by atoms with Gasteiger partial charge in [0, 0.05) is 12.0 Å². The highest BCUT2D eigenvalue weighted by atomic mass is 19.1. The van der Waals surface area contributed by atoms with E-state index in [4.69, 9.17) is 0 Å². The van der Waals surface area contributed by atoms with Crippen molar-refractivity contribution in [3.8, 4) is 0 Å².